The fraction of sp³-hybridized carbons (Fsp3) is 0.364. The first-order valence-electron chi connectivity index (χ1n) is 5.24. The van der Waals surface area contributed by atoms with Crippen molar-refractivity contribution in [2.75, 3.05) is 18.0 Å². The number of nitrogens with zero attached hydrogens (tertiary/aromatic N) is 3. The molecule has 0 amide bonds. The maximum absolute atomic E-state index is 11.0. The Hall–Kier alpha value is -2.13. The third-order valence-electron chi connectivity index (χ3n) is 2.82. The first-order valence-corrected chi connectivity index (χ1v) is 5.24. The first-order chi connectivity index (χ1) is 8.13. The largest absolute Gasteiger partial charge is 0.391 e. The molecule has 1 saturated heterocycles. The zero-order valence-electron chi connectivity index (χ0n) is 9.04. The van der Waals surface area contributed by atoms with Crippen LogP contribution in [-0.2, 0) is 0 Å². The molecule has 1 heterocycles. The molecule has 0 aliphatic carbocycles. The standard InChI is InChI=1S/C11H11N3O3/c12-6-8-2-1-3-10(11(8)14(16)17)13-5-4-9(15)7-13/h1-3,9,15H,4-5,7H2/t9-/m1/s1. The molecule has 0 saturated carbocycles. The lowest BCUT2D eigenvalue weighted by Gasteiger charge is -2.17. The topological polar surface area (TPSA) is 90.4 Å². The quantitative estimate of drug-likeness (QED) is 0.608. The molecule has 1 aliphatic heterocycles. The number of benzene rings is 1. The summed E-state index contributed by atoms with van der Waals surface area (Å²) < 4.78 is 0. The van der Waals surface area contributed by atoms with Crippen molar-refractivity contribution >= 4 is 11.4 Å². The summed E-state index contributed by atoms with van der Waals surface area (Å²) in [5, 5.41) is 29.3. The normalized spacial score (nSPS) is 19.1. The lowest BCUT2D eigenvalue weighted by Crippen LogP contribution is -2.22. The van der Waals surface area contributed by atoms with E-state index in [1.807, 2.05) is 6.07 Å². The van der Waals surface area contributed by atoms with E-state index in [4.69, 9.17) is 5.26 Å². The number of nitriles is 1. The number of para-hydroxylation sites is 1. The summed E-state index contributed by atoms with van der Waals surface area (Å²) in [7, 11) is 0. The zero-order chi connectivity index (χ0) is 12.4. The highest BCUT2D eigenvalue weighted by molar-refractivity contribution is 5.70. The van der Waals surface area contributed by atoms with Gasteiger partial charge in [0.1, 0.15) is 17.3 Å². The van der Waals surface area contributed by atoms with Crippen molar-refractivity contribution in [2.24, 2.45) is 0 Å². The molecule has 1 fully saturated rings. The molecule has 6 nitrogen and oxygen atoms in total. The number of hydrogen-bond acceptors (Lipinski definition) is 5. The van der Waals surface area contributed by atoms with Gasteiger partial charge in [0, 0.05) is 13.1 Å². The highest BCUT2D eigenvalue weighted by Crippen LogP contribution is 2.33. The van der Waals surface area contributed by atoms with Crippen molar-refractivity contribution in [3.05, 3.63) is 33.9 Å². The van der Waals surface area contributed by atoms with Gasteiger partial charge >= 0.3 is 5.69 Å². The maximum Gasteiger partial charge on any atom is 0.310 e. The van der Waals surface area contributed by atoms with Gasteiger partial charge in [0.15, 0.2) is 0 Å². The van der Waals surface area contributed by atoms with E-state index in [-0.39, 0.29) is 11.3 Å². The predicted octanol–water partition coefficient (Wildman–Crippen LogP) is 1.04. The van der Waals surface area contributed by atoms with Crippen LogP contribution in [0.5, 0.6) is 0 Å². The van der Waals surface area contributed by atoms with E-state index in [1.165, 1.54) is 6.07 Å². The van der Waals surface area contributed by atoms with Crippen molar-refractivity contribution < 1.29 is 10.0 Å². The van der Waals surface area contributed by atoms with Gasteiger partial charge in [0.05, 0.1) is 11.0 Å². The Morgan fingerprint density at radius 3 is 2.88 bits per heavy atom. The highest BCUT2D eigenvalue weighted by Gasteiger charge is 2.28. The van der Waals surface area contributed by atoms with Crippen molar-refractivity contribution in [3.8, 4) is 6.07 Å². The minimum Gasteiger partial charge on any atom is -0.391 e. The average Bonchev–Trinajstić information content (AvgIpc) is 2.74. The molecule has 2 rings (SSSR count). The number of anilines is 1. The molecule has 88 valence electrons. The molecule has 6 heteroatoms. The van der Waals surface area contributed by atoms with E-state index in [9.17, 15) is 15.2 Å². The zero-order valence-corrected chi connectivity index (χ0v) is 9.04. The van der Waals surface area contributed by atoms with Crippen LogP contribution in [0.25, 0.3) is 0 Å². The molecule has 1 atom stereocenters. The molecule has 1 aromatic carbocycles. The Bertz CT molecular complexity index is 495. The van der Waals surface area contributed by atoms with Crippen LogP contribution < -0.4 is 4.90 Å². The summed E-state index contributed by atoms with van der Waals surface area (Å²) in [5.41, 5.74) is 0.281. The Balaban J connectivity index is 2.47. The molecule has 1 aliphatic rings. The third-order valence-corrected chi connectivity index (χ3v) is 2.82. The minimum atomic E-state index is -0.543. The van der Waals surface area contributed by atoms with Gasteiger partial charge in [-0.2, -0.15) is 5.26 Å². The van der Waals surface area contributed by atoms with Crippen LogP contribution in [-0.4, -0.2) is 29.2 Å². The van der Waals surface area contributed by atoms with Crippen LogP contribution in [0.15, 0.2) is 18.2 Å². The Morgan fingerprint density at radius 1 is 1.59 bits per heavy atom. The van der Waals surface area contributed by atoms with E-state index in [1.54, 1.807) is 17.0 Å². The molecule has 0 spiro atoms. The lowest BCUT2D eigenvalue weighted by molar-refractivity contribution is -0.384. The van der Waals surface area contributed by atoms with Crippen molar-refractivity contribution in [1.29, 1.82) is 5.26 Å². The van der Waals surface area contributed by atoms with Crippen LogP contribution >= 0.6 is 0 Å². The molecule has 0 bridgehead atoms. The van der Waals surface area contributed by atoms with E-state index < -0.39 is 11.0 Å². The fourth-order valence-corrected chi connectivity index (χ4v) is 2.03. The summed E-state index contributed by atoms with van der Waals surface area (Å²) in [6.45, 7) is 0.937. The summed E-state index contributed by atoms with van der Waals surface area (Å²) >= 11 is 0. The monoisotopic (exact) mass is 233 g/mol. The van der Waals surface area contributed by atoms with Crippen LogP contribution in [0, 0.1) is 21.4 Å². The van der Waals surface area contributed by atoms with E-state index in [0.29, 0.717) is 25.2 Å². The first kappa shape index (κ1) is 11.4. The number of β-amino-alcohol motifs (C(OH)–C–C–N with tert-alkyl or cyclic N) is 1. The van der Waals surface area contributed by atoms with Crippen LogP contribution in [0.3, 0.4) is 0 Å². The Labute approximate surface area is 97.8 Å². The number of rotatable bonds is 2. The highest BCUT2D eigenvalue weighted by atomic mass is 16.6. The smallest absolute Gasteiger partial charge is 0.310 e. The van der Waals surface area contributed by atoms with Gasteiger partial charge in [-0.15, -0.1) is 0 Å². The molecule has 0 unspecified atom stereocenters. The van der Waals surface area contributed by atoms with Gasteiger partial charge < -0.3 is 10.0 Å². The number of nitro benzene ring substituents is 1. The SMILES string of the molecule is N#Cc1cccc(N2CC[C@@H](O)C2)c1[N+](=O)[O-]. The minimum absolute atomic E-state index is 0.0499. The lowest BCUT2D eigenvalue weighted by atomic mass is 10.1. The van der Waals surface area contributed by atoms with Crippen LogP contribution in [0.1, 0.15) is 12.0 Å². The number of aliphatic hydroxyl groups excluding tert-OH is 1. The van der Waals surface area contributed by atoms with Gasteiger partial charge in [-0.1, -0.05) is 6.07 Å². The molecule has 0 radical (unpaired) electrons. The van der Waals surface area contributed by atoms with Crippen LogP contribution in [0.4, 0.5) is 11.4 Å². The Kier molecular flexibility index (Phi) is 2.93. The second kappa shape index (κ2) is 4.39. The van der Waals surface area contributed by atoms with Crippen LogP contribution in [0.2, 0.25) is 0 Å². The molecular formula is C11H11N3O3. The summed E-state index contributed by atoms with van der Waals surface area (Å²) in [6.07, 6.45) is 0.133. The molecule has 1 aromatic rings. The second-order valence-corrected chi connectivity index (χ2v) is 3.93. The van der Waals surface area contributed by atoms with Gasteiger partial charge in [0.25, 0.3) is 0 Å². The maximum atomic E-state index is 11.0. The predicted molar refractivity (Wildman–Crippen MR) is 60.6 cm³/mol. The van der Waals surface area contributed by atoms with E-state index in [0.717, 1.165) is 0 Å². The second-order valence-electron chi connectivity index (χ2n) is 3.93. The molecule has 0 aromatic heterocycles. The molecular weight excluding hydrogens is 222 g/mol. The number of nitro groups is 1. The summed E-state index contributed by atoms with van der Waals surface area (Å²) in [6, 6.07) is 6.47. The van der Waals surface area contributed by atoms with Gasteiger partial charge in [0.2, 0.25) is 0 Å². The van der Waals surface area contributed by atoms with Gasteiger partial charge in [-0.05, 0) is 18.6 Å². The van der Waals surface area contributed by atoms with Gasteiger partial charge in [-0.25, -0.2) is 0 Å². The fourth-order valence-electron chi connectivity index (χ4n) is 2.03. The average molecular weight is 233 g/mol. The molecule has 17 heavy (non-hydrogen) atoms. The third kappa shape index (κ3) is 2.05. The van der Waals surface area contributed by atoms with E-state index in [2.05, 4.69) is 0 Å². The summed E-state index contributed by atoms with van der Waals surface area (Å²) in [4.78, 5) is 12.2. The van der Waals surface area contributed by atoms with Crippen molar-refractivity contribution in [3.63, 3.8) is 0 Å². The Morgan fingerprint density at radius 2 is 2.35 bits per heavy atom. The van der Waals surface area contributed by atoms with Crippen molar-refractivity contribution in [1.82, 2.24) is 0 Å². The number of hydrogen-bond donors (Lipinski definition) is 1. The number of aliphatic hydroxyl groups is 1. The van der Waals surface area contributed by atoms with Crippen molar-refractivity contribution in [2.45, 2.75) is 12.5 Å². The van der Waals surface area contributed by atoms with E-state index >= 15 is 0 Å². The van der Waals surface area contributed by atoms with Gasteiger partial charge in [-0.3, -0.25) is 10.1 Å². The molecule has 1 N–H and O–H groups in total. The summed E-state index contributed by atoms with van der Waals surface area (Å²) in [5.74, 6) is 0.